The standard InChI is InChI=1S/C13H21NO/c1-12(2,3)9-13(4,5)11(15)10-6-7-14-8-10/h6-8,14H,9H2,1-5H3. The predicted molar refractivity (Wildman–Crippen MR) is 63.0 cm³/mol. The van der Waals surface area contributed by atoms with Crippen LogP contribution in [-0.2, 0) is 0 Å². The van der Waals surface area contributed by atoms with Crippen molar-refractivity contribution in [1.29, 1.82) is 0 Å². The quantitative estimate of drug-likeness (QED) is 0.754. The van der Waals surface area contributed by atoms with Crippen LogP contribution >= 0.6 is 0 Å². The number of H-pyrrole nitrogens is 1. The van der Waals surface area contributed by atoms with Crippen molar-refractivity contribution in [1.82, 2.24) is 4.98 Å². The molecule has 0 amide bonds. The predicted octanol–water partition coefficient (Wildman–Crippen LogP) is 3.66. The minimum absolute atomic E-state index is 0.176. The van der Waals surface area contributed by atoms with Gasteiger partial charge in [-0.3, -0.25) is 4.79 Å². The molecule has 0 bridgehead atoms. The van der Waals surface area contributed by atoms with Gasteiger partial charge in [0, 0.05) is 23.4 Å². The lowest BCUT2D eigenvalue weighted by Crippen LogP contribution is -2.29. The Bertz CT molecular complexity index is 328. The molecule has 0 saturated heterocycles. The van der Waals surface area contributed by atoms with Crippen LogP contribution in [0.25, 0.3) is 0 Å². The average Bonchev–Trinajstić information content (AvgIpc) is 2.49. The van der Waals surface area contributed by atoms with Crippen molar-refractivity contribution >= 4 is 5.78 Å². The topological polar surface area (TPSA) is 32.9 Å². The number of aromatic amines is 1. The van der Waals surface area contributed by atoms with E-state index in [1.54, 1.807) is 12.4 Å². The zero-order valence-corrected chi connectivity index (χ0v) is 10.3. The molecule has 0 aliphatic rings. The van der Waals surface area contributed by atoms with Gasteiger partial charge in [-0.05, 0) is 17.9 Å². The zero-order chi connectivity index (χ0) is 11.7. The van der Waals surface area contributed by atoms with Gasteiger partial charge in [0.1, 0.15) is 0 Å². The third-order valence-electron chi connectivity index (χ3n) is 2.45. The molecule has 1 rings (SSSR count). The second-order valence-corrected chi connectivity index (χ2v) is 6.05. The van der Waals surface area contributed by atoms with Gasteiger partial charge in [0.2, 0.25) is 0 Å². The molecule has 0 unspecified atom stereocenters. The molecule has 0 radical (unpaired) electrons. The van der Waals surface area contributed by atoms with Gasteiger partial charge in [-0.1, -0.05) is 34.6 Å². The lowest BCUT2D eigenvalue weighted by Gasteiger charge is -2.30. The average molecular weight is 207 g/mol. The number of hydrogen-bond acceptors (Lipinski definition) is 1. The largest absolute Gasteiger partial charge is 0.367 e. The van der Waals surface area contributed by atoms with Crippen LogP contribution < -0.4 is 0 Å². The summed E-state index contributed by atoms with van der Waals surface area (Å²) in [6.45, 7) is 10.5. The van der Waals surface area contributed by atoms with E-state index in [0.29, 0.717) is 0 Å². The number of Topliss-reactive ketones (excluding diaryl/α,β-unsaturated/α-hetero) is 1. The van der Waals surface area contributed by atoms with Gasteiger partial charge < -0.3 is 4.98 Å². The first-order chi connectivity index (χ1) is 6.72. The number of aromatic nitrogens is 1. The van der Waals surface area contributed by atoms with Crippen molar-refractivity contribution in [3.63, 3.8) is 0 Å². The molecule has 0 saturated carbocycles. The molecule has 0 aliphatic carbocycles. The maximum Gasteiger partial charge on any atom is 0.169 e. The van der Waals surface area contributed by atoms with E-state index in [0.717, 1.165) is 12.0 Å². The fourth-order valence-electron chi connectivity index (χ4n) is 2.26. The number of ketones is 1. The van der Waals surface area contributed by atoms with Gasteiger partial charge in [0.05, 0.1) is 0 Å². The summed E-state index contributed by atoms with van der Waals surface area (Å²) < 4.78 is 0. The van der Waals surface area contributed by atoms with Gasteiger partial charge >= 0.3 is 0 Å². The monoisotopic (exact) mass is 207 g/mol. The van der Waals surface area contributed by atoms with Crippen molar-refractivity contribution in [3.8, 4) is 0 Å². The first kappa shape index (κ1) is 12.0. The molecule has 1 aromatic heterocycles. The Labute approximate surface area is 92.1 Å². The lowest BCUT2D eigenvalue weighted by molar-refractivity contribution is 0.0770. The molecule has 0 fully saturated rings. The van der Waals surface area contributed by atoms with Crippen LogP contribution in [-0.4, -0.2) is 10.8 Å². The molecule has 0 aromatic carbocycles. The Kier molecular flexibility index (Phi) is 3.08. The second-order valence-electron chi connectivity index (χ2n) is 6.05. The molecule has 2 nitrogen and oxygen atoms in total. The summed E-state index contributed by atoms with van der Waals surface area (Å²) >= 11 is 0. The number of nitrogens with one attached hydrogen (secondary N) is 1. The van der Waals surface area contributed by atoms with Gasteiger partial charge in [-0.15, -0.1) is 0 Å². The molecule has 1 aromatic rings. The normalized spacial score (nSPS) is 12.9. The molecule has 84 valence electrons. The van der Waals surface area contributed by atoms with E-state index in [1.807, 2.05) is 19.9 Å². The number of hydrogen-bond donors (Lipinski definition) is 1. The van der Waals surface area contributed by atoms with Gasteiger partial charge in [0.15, 0.2) is 5.78 Å². The highest BCUT2D eigenvalue weighted by Gasteiger charge is 2.33. The van der Waals surface area contributed by atoms with Crippen LogP contribution in [0.15, 0.2) is 18.5 Å². The van der Waals surface area contributed by atoms with Crippen molar-refractivity contribution in [2.45, 2.75) is 41.0 Å². The van der Waals surface area contributed by atoms with Crippen LogP contribution in [0.4, 0.5) is 0 Å². The van der Waals surface area contributed by atoms with Crippen molar-refractivity contribution in [3.05, 3.63) is 24.0 Å². The maximum atomic E-state index is 12.2. The minimum Gasteiger partial charge on any atom is -0.367 e. The van der Waals surface area contributed by atoms with Crippen molar-refractivity contribution < 1.29 is 4.79 Å². The SMILES string of the molecule is CC(C)(C)CC(C)(C)C(=O)c1cc[nH]c1. The lowest BCUT2D eigenvalue weighted by atomic mass is 9.72. The molecule has 0 aliphatic heterocycles. The van der Waals surface area contributed by atoms with Gasteiger partial charge in [-0.25, -0.2) is 0 Å². The summed E-state index contributed by atoms with van der Waals surface area (Å²) in [6.07, 6.45) is 4.46. The van der Waals surface area contributed by atoms with E-state index in [2.05, 4.69) is 25.8 Å². The third-order valence-corrected chi connectivity index (χ3v) is 2.45. The Balaban J connectivity index is 2.83. The number of carbonyl (C=O) groups is 1. The first-order valence-corrected chi connectivity index (χ1v) is 5.40. The van der Waals surface area contributed by atoms with Crippen LogP contribution in [0.5, 0.6) is 0 Å². The second kappa shape index (κ2) is 3.84. The Morgan fingerprint density at radius 3 is 2.27 bits per heavy atom. The molecular weight excluding hydrogens is 186 g/mol. The summed E-state index contributed by atoms with van der Waals surface area (Å²) in [5, 5.41) is 0. The number of carbonyl (C=O) groups excluding carboxylic acids is 1. The zero-order valence-electron chi connectivity index (χ0n) is 10.3. The van der Waals surface area contributed by atoms with Crippen LogP contribution in [0.3, 0.4) is 0 Å². The highest BCUT2D eigenvalue weighted by Crippen LogP contribution is 2.35. The summed E-state index contributed by atoms with van der Waals surface area (Å²) in [5.74, 6) is 0.221. The van der Waals surface area contributed by atoms with E-state index in [9.17, 15) is 4.79 Å². The molecule has 0 spiro atoms. The molecule has 1 heterocycles. The van der Waals surface area contributed by atoms with Gasteiger partial charge in [-0.2, -0.15) is 0 Å². The Morgan fingerprint density at radius 1 is 1.27 bits per heavy atom. The number of rotatable bonds is 3. The van der Waals surface area contributed by atoms with Crippen LogP contribution in [0, 0.1) is 10.8 Å². The fourth-order valence-corrected chi connectivity index (χ4v) is 2.26. The Hall–Kier alpha value is -1.05. The van der Waals surface area contributed by atoms with Crippen molar-refractivity contribution in [2.24, 2.45) is 10.8 Å². The van der Waals surface area contributed by atoms with E-state index in [4.69, 9.17) is 0 Å². The van der Waals surface area contributed by atoms with Crippen molar-refractivity contribution in [2.75, 3.05) is 0 Å². The minimum atomic E-state index is -0.291. The fraction of sp³-hybridized carbons (Fsp3) is 0.615. The first-order valence-electron chi connectivity index (χ1n) is 5.40. The molecule has 0 atom stereocenters. The molecular formula is C13H21NO. The van der Waals surface area contributed by atoms with E-state index < -0.39 is 0 Å². The highest BCUT2D eigenvalue weighted by atomic mass is 16.1. The molecule has 1 N–H and O–H groups in total. The summed E-state index contributed by atoms with van der Waals surface area (Å²) in [6, 6.07) is 1.84. The van der Waals surface area contributed by atoms with E-state index in [-0.39, 0.29) is 16.6 Å². The van der Waals surface area contributed by atoms with Crippen LogP contribution in [0.1, 0.15) is 51.4 Å². The maximum absolute atomic E-state index is 12.2. The van der Waals surface area contributed by atoms with Crippen LogP contribution in [0.2, 0.25) is 0 Å². The van der Waals surface area contributed by atoms with E-state index >= 15 is 0 Å². The summed E-state index contributed by atoms with van der Waals surface area (Å²) in [4.78, 5) is 15.1. The smallest absolute Gasteiger partial charge is 0.169 e. The third kappa shape index (κ3) is 3.22. The Morgan fingerprint density at radius 2 is 1.87 bits per heavy atom. The summed E-state index contributed by atoms with van der Waals surface area (Å²) in [5.41, 5.74) is 0.667. The van der Waals surface area contributed by atoms with E-state index in [1.165, 1.54) is 0 Å². The summed E-state index contributed by atoms with van der Waals surface area (Å²) in [7, 11) is 0. The van der Waals surface area contributed by atoms with Gasteiger partial charge in [0.25, 0.3) is 0 Å². The highest BCUT2D eigenvalue weighted by molar-refractivity contribution is 5.99. The molecule has 2 heteroatoms. The molecule has 15 heavy (non-hydrogen) atoms.